The second-order valence-corrected chi connectivity index (χ2v) is 7.21. The summed E-state index contributed by atoms with van der Waals surface area (Å²) in [7, 11) is 0. The first-order valence-electron chi connectivity index (χ1n) is 8.46. The number of rotatable bonds is 4. The average Bonchev–Trinajstić information content (AvgIpc) is 3.24. The highest BCUT2D eigenvalue weighted by Gasteiger charge is 2.18. The van der Waals surface area contributed by atoms with Gasteiger partial charge in [0.05, 0.1) is 18.9 Å². The van der Waals surface area contributed by atoms with Gasteiger partial charge in [-0.25, -0.2) is 4.98 Å². The molecule has 2 aromatic rings. The Hall–Kier alpha value is -1.76. The van der Waals surface area contributed by atoms with Crippen LogP contribution in [0.3, 0.4) is 0 Å². The van der Waals surface area contributed by atoms with Gasteiger partial charge in [-0.2, -0.15) is 0 Å². The fourth-order valence-corrected chi connectivity index (χ4v) is 4.08. The van der Waals surface area contributed by atoms with E-state index in [9.17, 15) is 4.79 Å². The molecule has 1 aromatic heterocycles. The number of nitrogens with one attached hydrogen (secondary N) is 2. The maximum absolute atomic E-state index is 12.1. The molecule has 0 radical (unpaired) electrons. The Morgan fingerprint density at radius 1 is 1.38 bits per heavy atom. The summed E-state index contributed by atoms with van der Waals surface area (Å²) >= 11 is 1.47. The maximum atomic E-state index is 12.1. The molecule has 2 aliphatic rings. The predicted octanol–water partition coefficient (Wildman–Crippen LogP) is 2.62. The molecular formula is C18H21N3O2S. The Bertz CT molecular complexity index is 738. The number of amides is 1. The minimum absolute atomic E-state index is 0.0205. The van der Waals surface area contributed by atoms with Crippen LogP contribution >= 0.6 is 11.3 Å². The second-order valence-electron chi connectivity index (χ2n) is 6.35. The van der Waals surface area contributed by atoms with E-state index < -0.39 is 0 Å². The summed E-state index contributed by atoms with van der Waals surface area (Å²) in [6, 6.07) is 6.68. The summed E-state index contributed by atoms with van der Waals surface area (Å²) in [5.74, 6) is -0.0205. The third-order valence-electron chi connectivity index (χ3n) is 4.58. The van der Waals surface area contributed by atoms with Crippen molar-refractivity contribution in [2.24, 2.45) is 0 Å². The lowest BCUT2D eigenvalue weighted by atomic mass is 10.1. The molecule has 126 valence electrons. The number of hydrogen-bond acceptors (Lipinski definition) is 5. The van der Waals surface area contributed by atoms with E-state index in [1.807, 2.05) is 5.38 Å². The predicted molar refractivity (Wildman–Crippen MR) is 95.4 cm³/mol. The lowest BCUT2D eigenvalue weighted by Gasteiger charge is -2.22. The highest BCUT2D eigenvalue weighted by atomic mass is 32.1. The van der Waals surface area contributed by atoms with E-state index in [0.717, 1.165) is 30.8 Å². The standard InChI is InChI=1S/C18H21N3O2S/c22-17(9-15-10-23-7-6-19-15)21-18-20-16(11-24-18)14-5-4-12-2-1-3-13(12)8-14/h4-5,8,11,15,19H,1-3,6-7,9-10H2,(H,20,21,22). The van der Waals surface area contributed by atoms with Crippen LogP contribution in [0.4, 0.5) is 5.13 Å². The van der Waals surface area contributed by atoms with Crippen LogP contribution < -0.4 is 10.6 Å². The molecule has 1 unspecified atom stereocenters. The SMILES string of the molecule is O=C(CC1COCCN1)Nc1nc(-c2ccc3c(c2)CCC3)cs1. The van der Waals surface area contributed by atoms with Gasteiger partial charge in [-0.3, -0.25) is 4.79 Å². The molecule has 1 aliphatic heterocycles. The van der Waals surface area contributed by atoms with Crippen molar-refractivity contribution in [2.45, 2.75) is 31.7 Å². The molecule has 6 heteroatoms. The summed E-state index contributed by atoms with van der Waals surface area (Å²) in [6.45, 7) is 2.11. The maximum Gasteiger partial charge on any atom is 0.227 e. The number of anilines is 1. The van der Waals surface area contributed by atoms with Crippen LogP contribution in [0.2, 0.25) is 0 Å². The number of fused-ring (bicyclic) bond motifs is 1. The first-order valence-corrected chi connectivity index (χ1v) is 9.34. The van der Waals surface area contributed by atoms with Crippen LogP contribution in [0.1, 0.15) is 24.0 Å². The lowest BCUT2D eigenvalue weighted by Crippen LogP contribution is -2.43. The fraction of sp³-hybridized carbons (Fsp3) is 0.444. The van der Waals surface area contributed by atoms with Crippen molar-refractivity contribution >= 4 is 22.4 Å². The molecule has 0 spiro atoms. The lowest BCUT2D eigenvalue weighted by molar-refractivity contribution is -0.117. The zero-order chi connectivity index (χ0) is 16.4. The van der Waals surface area contributed by atoms with Gasteiger partial charge in [-0.05, 0) is 36.5 Å². The number of morpholine rings is 1. The van der Waals surface area contributed by atoms with Gasteiger partial charge in [0.2, 0.25) is 5.91 Å². The van der Waals surface area contributed by atoms with Crippen LogP contribution in [0.5, 0.6) is 0 Å². The molecule has 1 aromatic carbocycles. The van der Waals surface area contributed by atoms with Crippen LogP contribution in [-0.2, 0) is 22.4 Å². The number of carbonyl (C=O) groups is 1. The molecule has 24 heavy (non-hydrogen) atoms. The molecule has 4 rings (SSSR count). The number of nitrogens with zero attached hydrogens (tertiary/aromatic N) is 1. The number of benzene rings is 1. The van der Waals surface area contributed by atoms with Gasteiger partial charge in [0.1, 0.15) is 0 Å². The second kappa shape index (κ2) is 7.01. The largest absolute Gasteiger partial charge is 0.378 e. The number of aromatic nitrogens is 1. The topological polar surface area (TPSA) is 63.2 Å². The third-order valence-corrected chi connectivity index (χ3v) is 5.33. The zero-order valence-corrected chi connectivity index (χ0v) is 14.3. The highest BCUT2D eigenvalue weighted by Crippen LogP contribution is 2.30. The van der Waals surface area contributed by atoms with Gasteiger partial charge in [-0.15, -0.1) is 11.3 Å². The Morgan fingerprint density at radius 2 is 2.29 bits per heavy atom. The summed E-state index contributed by atoms with van der Waals surface area (Å²) < 4.78 is 5.38. The Balaban J connectivity index is 1.40. The van der Waals surface area contributed by atoms with E-state index in [1.54, 1.807) is 0 Å². The number of thiazole rings is 1. The molecule has 1 atom stereocenters. The van der Waals surface area contributed by atoms with Gasteiger partial charge in [0.25, 0.3) is 0 Å². The van der Waals surface area contributed by atoms with E-state index in [1.165, 1.54) is 35.3 Å². The first kappa shape index (κ1) is 15.7. The van der Waals surface area contributed by atoms with Gasteiger partial charge >= 0.3 is 0 Å². The van der Waals surface area contributed by atoms with Crippen LogP contribution in [0, 0.1) is 0 Å². The van der Waals surface area contributed by atoms with Crippen molar-refractivity contribution < 1.29 is 9.53 Å². The van der Waals surface area contributed by atoms with E-state index >= 15 is 0 Å². The smallest absolute Gasteiger partial charge is 0.227 e. The monoisotopic (exact) mass is 343 g/mol. The van der Waals surface area contributed by atoms with E-state index in [2.05, 4.69) is 33.8 Å². The summed E-state index contributed by atoms with van der Waals surface area (Å²) in [6.07, 6.45) is 4.00. The normalized spacial score (nSPS) is 19.9. The van der Waals surface area contributed by atoms with Gasteiger partial charge in [-0.1, -0.05) is 12.1 Å². The van der Waals surface area contributed by atoms with Crippen LogP contribution in [0.25, 0.3) is 11.3 Å². The van der Waals surface area contributed by atoms with Crippen molar-refractivity contribution in [3.8, 4) is 11.3 Å². The van der Waals surface area contributed by atoms with Crippen LogP contribution in [-0.4, -0.2) is 36.7 Å². The van der Waals surface area contributed by atoms with Gasteiger partial charge in [0.15, 0.2) is 5.13 Å². The van der Waals surface area contributed by atoms with Crippen molar-refractivity contribution in [3.05, 3.63) is 34.7 Å². The summed E-state index contributed by atoms with van der Waals surface area (Å²) in [5, 5.41) is 8.86. The number of carbonyl (C=O) groups excluding carboxylic acids is 1. The molecule has 1 fully saturated rings. The molecule has 1 saturated heterocycles. The number of ether oxygens (including phenoxy) is 1. The Morgan fingerprint density at radius 3 is 3.17 bits per heavy atom. The van der Waals surface area contributed by atoms with Crippen molar-refractivity contribution in [1.29, 1.82) is 0 Å². The Labute approximate surface area is 145 Å². The average molecular weight is 343 g/mol. The minimum Gasteiger partial charge on any atom is -0.378 e. The first-order chi connectivity index (χ1) is 11.8. The molecule has 2 heterocycles. The van der Waals surface area contributed by atoms with E-state index in [0.29, 0.717) is 18.2 Å². The minimum atomic E-state index is -0.0205. The van der Waals surface area contributed by atoms with Crippen molar-refractivity contribution in [1.82, 2.24) is 10.3 Å². The molecule has 0 saturated carbocycles. The number of hydrogen-bond donors (Lipinski definition) is 2. The molecular weight excluding hydrogens is 322 g/mol. The summed E-state index contributed by atoms with van der Waals surface area (Å²) in [4.78, 5) is 16.7. The molecule has 0 bridgehead atoms. The molecule has 2 N–H and O–H groups in total. The molecule has 5 nitrogen and oxygen atoms in total. The Kier molecular flexibility index (Phi) is 4.60. The molecule has 1 aliphatic carbocycles. The zero-order valence-electron chi connectivity index (χ0n) is 13.5. The quantitative estimate of drug-likeness (QED) is 0.896. The number of aryl methyl sites for hydroxylation is 2. The van der Waals surface area contributed by atoms with E-state index in [-0.39, 0.29) is 11.9 Å². The van der Waals surface area contributed by atoms with E-state index in [4.69, 9.17) is 4.74 Å². The van der Waals surface area contributed by atoms with Gasteiger partial charge in [0, 0.05) is 30.0 Å². The molecule has 1 amide bonds. The van der Waals surface area contributed by atoms with Gasteiger partial charge < -0.3 is 15.4 Å². The van der Waals surface area contributed by atoms with Crippen LogP contribution in [0.15, 0.2) is 23.6 Å². The summed E-state index contributed by atoms with van der Waals surface area (Å²) in [5.41, 5.74) is 4.97. The highest BCUT2D eigenvalue weighted by molar-refractivity contribution is 7.14. The van der Waals surface area contributed by atoms with Crippen molar-refractivity contribution in [2.75, 3.05) is 25.1 Å². The fourth-order valence-electron chi connectivity index (χ4n) is 3.34. The van der Waals surface area contributed by atoms with Crippen molar-refractivity contribution in [3.63, 3.8) is 0 Å². The third kappa shape index (κ3) is 3.50.